The number of rotatable bonds is 1. The Labute approximate surface area is 113 Å². The molecule has 90 valence electrons. The highest BCUT2D eigenvalue weighted by Crippen LogP contribution is 2.22. The Bertz CT molecular complexity index is 548. The number of hydrogen-bond acceptors (Lipinski definition) is 4. The minimum Gasteiger partial charge on any atom is -0.378 e. The van der Waals surface area contributed by atoms with Crippen molar-refractivity contribution in [1.29, 1.82) is 0 Å². The summed E-state index contributed by atoms with van der Waals surface area (Å²) in [7, 11) is 0. The number of anilines is 1. The molecular weight excluding hydrogens is 331 g/mol. The molecule has 0 aromatic carbocycles. The van der Waals surface area contributed by atoms with E-state index in [-0.39, 0.29) is 0 Å². The first kappa shape index (κ1) is 11.2. The quantitative estimate of drug-likeness (QED) is 0.735. The summed E-state index contributed by atoms with van der Waals surface area (Å²) >= 11 is 2.29. The van der Waals surface area contributed by atoms with E-state index in [9.17, 15) is 0 Å². The molecule has 0 atom stereocenters. The minimum atomic E-state index is 0.771. The van der Waals surface area contributed by atoms with Gasteiger partial charge < -0.3 is 9.64 Å². The van der Waals surface area contributed by atoms with E-state index in [4.69, 9.17) is 4.74 Å². The van der Waals surface area contributed by atoms with Crippen LogP contribution in [0, 0.1) is 10.6 Å². The van der Waals surface area contributed by atoms with E-state index < -0.39 is 0 Å². The third-order valence-electron chi connectivity index (χ3n) is 2.86. The third-order valence-corrected chi connectivity index (χ3v) is 3.68. The van der Waals surface area contributed by atoms with Crippen LogP contribution >= 0.6 is 22.6 Å². The van der Waals surface area contributed by atoms with Gasteiger partial charge in [0, 0.05) is 13.1 Å². The van der Waals surface area contributed by atoms with Gasteiger partial charge in [-0.2, -0.15) is 5.10 Å². The summed E-state index contributed by atoms with van der Waals surface area (Å²) in [5.74, 6) is 1.82. The molecule has 0 bridgehead atoms. The van der Waals surface area contributed by atoms with Gasteiger partial charge in [-0.3, -0.25) is 0 Å². The highest BCUT2D eigenvalue weighted by molar-refractivity contribution is 14.1. The summed E-state index contributed by atoms with van der Waals surface area (Å²) in [4.78, 5) is 6.84. The van der Waals surface area contributed by atoms with Crippen LogP contribution in [0.1, 0.15) is 5.82 Å². The zero-order valence-electron chi connectivity index (χ0n) is 9.56. The van der Waals surface area contributed by atoms with Gasteiger partial charge in [0.05, 0.1) is 13.2 Å². The monoisotopic (exact) mass is 344 g/mol. The van der Waals surface area contributed by atoms with E-state index in [1.54, 1.807) is 0 Å². The molecule has 3 rings (SSSR count). The normalized spacial score (nSPS) is 16.7. The number of fused-ring (bicyclic) bond motifs is 1. The lowest BCUT2D eigenvalue weighted by Gasteiger charge is -2.28. The maximum atomic E-state index is 5.38. The van der Waals surface area contributed by atoms with Crippen molar-refractivity contribution in [3.8, 4) is 0 Å². The average molecular weight is 344 g/mol. The van der Waals surface area contributed by atoms with Crippen molar-refractivity contribution in [2.45, 2.75) is 6.92 Å². The van der Waals surface area contributed by atoms with Crippen LogP contribution in [-0.2, 0) is 4.74 Å². The summed E-state index contributed by atoms with van der Waals surface area (Å²) < 4.78 is 8.44. The van der Waals surface area contributed by atoms with Crippen LogP contribution in [0.2, 0.25) is 0 Å². The molecule has 1 saturated heterocycles. The largest absolute Gasteiger partial charge is 0.378 e. The molecule has 0 radical (unpaired) electrons. The van der Waals surface area contributed by atoms with E-state index in [1.165, 1.54) is 0 Å². The van der Waals surface area contributed by atoms with Gasteiger partial charge in [0.25, 0.3) is 0 Å². The van der Waals surface area contributed by atoms with Crippen molar-refractivity contribution in [1.82, 2.24) is 14.6 Å². The van der Waals surface area contributed by atoms with Gasteiger partial charge in [-0.1, -0.05) is 0 Å². The van der Waals surface area contributed by atoms with Crippen molar-refractivity contribution < 1.29 is 4.74 Å². The number of aromatic nitrogens is 3. The minimum absolute atomic E-state index is 0.771. The topological polar surface area (TPSA) is 42.7 Å². The van der Waals surface area contributed by atoms with Gasteiger partial charge in [-0.15, -0.1) is 0 Å². The SMILES string of the molecule is Cc1nc(N2CCOCC2)c2ccc(I)n2n1. The molecule has 0 saturated carbocycles. The molecule has 2 aromatic heterocycles. The molecule has 17 heavy (non-hydrogen) atoms. The van der Waals surface area contributed by atoms with Crippen molar-refractivity contribution in [2.24, 2.45) is 0 Å². The average Bonchev–Trinajstić information content (AvgIpc) is 2.72. The lowest BCUT2D eigenvalue weighted by Crippen LogP contribution is -2.37. The standard InChI is InChI=1S/C11H13IN4O/c1-8-13-11(15-4-6-17-7-5-15)9-2-3-10(12)16(9)14-8/h2-3H,4-7H2,1H3. The molecule has 0 N–H and O–H groups in total. The van der Waals surface area contributed by atoms with Gasteiger partial charge in [-0.25, -0.2) is 9.50 Å². The summed E-state index contributed by atoms with van der Waals surface area (Å²) in [6, 6.07) is 4.14. The van der Waals surface area contributed by atoms with E-state index in [1.807, 2.05) is 11.4 Å². The van der Waals surface area contributed by atoms with Crippen LogP contribution in [0.3, 0.4) is 0 Å². The van der Waals surface area contributed by atoms with Gasteiger partial charge in [0.1, 0.15) is 15.0 Å². The fraction of sp³-hybridized carbons (Fsp3) is 0.455. The number of halogens is 1. The lowest BCUT2D eigenvalue weighted by molar-refractivity contribution is 0.122. The third kappa shape index (κ3) is 1.99. The maximum absolute atomic E-state index is 5.38. The molecule has 6 heteroatoms. The molecule has 3 heterocycles. The molecule has 2 aromatic rings. The Balaban J connectivity index is 2.13. The molecule has 1 aliphatic heterocycles. The number of nitrogens with zero attached hydrogens (tertiary/aromatic N) is 4. The predicted molar refractivity (Wildman–Crippen MR) is 73.5 cm³/mol. The molecule has 0 aliphatic carbocycles. The smallest absolute Gasteiger partial charge is 0.157 e. The fourth-order valence-corrected chi connectivity index (χ4v) is 2.61. The zero-order valence-corrected chi connectivity index (χ0v) is 11.7. The molecule has 0 unspecified atom stereocenters. The fourth-order valence-electron chi connectivity index (χ4n) is 2.06. The van der Waals surface area contributed by atoms with E-state index >= 15 is 0 Å². The van der Waals surface area contributed by atoms with Crippen LogP contribution in [0.4, 0.5) is 5.82 Å². The highest BCUT2D eigenvalue weighted by atomic mass is 127. The molecule has 0 amide bonds. The van der Waals surface area contributed by atoms with Crippen LogP contribution in [-0.4, -0.2) is 40.9 Å². The van der Waals surface area contributed by atoms with Crippen molar-refractivity contribution in [3.05, 3.63) is 21.7 Å². The predicted octanol–water partition coefficient (Wildman–Crippen LogP) is 1.48. The summed E-state index contributed by atoms with van der Waals surface area (Å²) in [6.07, 6.45) is 0. The van der Waals surface area contributed by atoms with Crippen LogP contribution in [0.25, 0.3) is 5.52 Å². The highest BCUT2D eigenvalue weighted by Gasteiger charge is 2.17. The molecule has 1 fully saturated rings. The van der Waals surface area contributed by atoms with E-state index in [0.717, 1.165) is 47.2 Å². The van der Waals surface area contributed by atoms with Gasteiger partial charge >= 0.3 is 0 Å². The van der Waals surface area contributed by atoms with Crippen molar-refractivity contribution in [3.63, 3.8) is 0 Å². The number of morpholine rings is 1. The number of hydrogen-bond donors (Lipinski definition) is 0. The Hall–Kier alpha value is -0.890. The Morgan fingerprint density at radius 3 is 2.82 bits per heavy atom. The molecule has 1 aliphatic rings. The first-order valence-electron chi connectivity index (χ1n) is 5.60. The van der Waals surface area contributed by atoms with Crippen LogP contribution < -0.4 is 4.90 Å². The Morgan fingerprint density at radius 1 is 1.29 bits per heavy atom. The van der Waals surface area contributed by atoms with Crippen LogP contribution in [0.5, 0.6) is 0 Å². The Morgan fingerprint density at radius 2 is 2.06 bits per heavy atom. The van der Waals surface area contributed by atoms with Gasteiger partial charge in [0.15, 0.2) is 5.82 Å². The zero-order chi connectivity index (χ0) is 11.8. The Kier molecular flexibility index (Phi) is 2.91. The van der Waals surface area contributed by atoms with E-state index in [0.29, 0.717) is 0 Å². The van der Waals surface area contributed by atoms with E-state index in [2.05, 4.69) is 49.7 Å². The summed E-state index contributed by atoms with van der Waals surface area (Å²) in [5.41, 5.74) is 1.07. The van der Waals surface area contributed by atoms with Crippen molar-refractivity contribution in [2.75, 3.05) is 31.2 Å². The number of ether oxygens (including phenoxy) is 1. The lowest BCUT2D eigenvalue weighted by atomic mass is 10.4. The van der Waals surface area contributed by atoms with Crippen molar-refractivity contribution >= 4 is 33.9 Å². The molecule has 0 spiro atoms. The first-order chi connectivity index (χ1) is 8.25. The second-order valence-corrected chi connectivity index (χ2v) is 5.14. The summed E-state index contributed by atoms with van der Waals surface area (Å²) in [6.45, 7) is 5.27. The summed E-state index contributed by atoms with van der Waals surface area (Å²) in [5, 5.41) is 4.43. The number of aryl methyl sites for hydroxylation is 1. The molecular formula is C11H13IN4O. The van der Waals surface area contributed by atoms with Crippen LogP contribution in [0.15, 0.2) is 12.1 Å². The maximum Gasteiger partial charge on any atom is 0.157 e. The van der Waals surface area contributed by atoms with Gasteiger partial charge in [0.2, 0.25) is 0 Å². The second-order valence-electron chi connectivity index (χ2n) is 4.04. The molecule has 5 nitrogen and oxygen atoms in total. The first-order valence-corrected chi connectivity index (χ1v) is 6.68. The second kappa shape index (κ2) is 4.41. The van der Waals surface area contributed by atoms with Gasteiger partial charge in [-0.05, 0) is 41.6 Å².